The van der Waals surface area contributed by atoms with Crippen LogP contribution < -0.4 is 23.7 Å². The van der Waals surface area contributed by atoms with Crippen LogP contribution in [-0.4, -0.2) is 50.7 Å². The van der Waals surface area contributed by atoms with Crippen molar-refractivity contribution in [3.63, 3.8) is 0 Å². The second kappa shape index (κ2) is 17.6. The van der Waals surface area contributed by atoms with Gasteiger partial charge in [-0.3, -0.25) is 4.79 Å². The van der Waals surface area contributed by atoms with Crippen molar-refractivity contribution in [2.45, 2.75) is 32.6 Å². The number of aliphatic carboxylic acids is 1. The molecule has 0 saturated carbocycles. The van der Waals surface area contributed by atoms with Gasteiger partial charge in [-0.15, -0.1) is 0 Å². The molecule has 1 atom stereocenters. The lowest BCUT2D eigenvalue weighted by atomic mass is 10.00. The van der Waals surface area contributed by atoms with Crippen molar-refractivity contribution >= 4 is 52.1 Å². The van der Waals surface area contributed by atoms with Gasteiger partial charge in [-0.2, -0.15) is 0 Å². The van der Waals surface area contributed by atoms with Gasteiger partial charge >= 0.3 is 5.97 Å². The summed E-state index contributed by atoms with van der Waals surface area (Å²) in [6, 6.07) is 33.3. The largest absolute Gasteiger partial charge is 0.496 e. The molecule has 5 aromatic carbocycles. The predicted octanol–water partition coefficient (Wildman–Crippen LogP) is 10.8. The first-order chi connectivity index (χ1) is 26.4. The number of para-hydroxylation sites is 2. The molecule has 6 rings (SSSR count). The van der Waals surface area contributed by atoms with Crippen LogP contribution in [0.1, 0.15) is 54.9 Å². The first-order valence-corrected chi connectivity index (χ1v) is 18.2. The highest BCUT2D eigenvalue weighted by Crippen LogP contribution is 2.40. The number of carboxylic acid groups (broad SMARTS) is 1. The molecular formula is C46H47NO7. The Morgan fingerprint density at radius 2 is 1.17 bits per heavy atom. The highest BCUT2D eigenvalue weighted by molar-refractivity contribution is 6.09. The van der Waals surface area contributed by atoms with Crippen LogP contribution >= 0.6 is 0 Å². The van der Waals surface area contributed by atoms with Crippen molar-refractivity contribution in [3.8, 4) is 34.4 Å². The van der Waals surface area contributed by atoms with Crippen molar-refractivity contribution < 1.29 is 33.6 Å². The molecule has 1 heterocycles. The maximum atomic E-state index is 11.3. The van der Waals surface area contributed by atoms with E-state index in [-0.39, 0.29) is 5.92 Å². The highest BCUT2D eigenvalue weighted by atomic mass is 16.5. The van der Waals surface area contributed by atoms with Crippen LogP contribution in [0, 0.1) is 5.92 Å². The summed E-state index contributed by atoms with van der Waals surface area (Å²) in [4.78, 5) is 11.3. The summed E-state index contributed by atoms with van der Waals surface area (Å²) in [5.74, 6) is 1.93. The van der Waals surface area contributed by atoms with Gasteiger partial charge in [-0.25, -0.2) is 0 Å². The fourth-order valence-electron chi connectivity index (χ4n) is 6.82. The number of nitrogens with zero attached hydrogens (tertiary/aromatic N) is 1. The van der Waals surface area contributed by atoms with Crippen molar-refractivity contribution in [2.24, 2.45) is 5.92 Å². The molecule has 54 heavy (non-hydrogen) atoms. The molecule has 0 spiro atoms. The SMILES string of the molecule is CCC(CCCCOc1c(OC)cc(C=Cc2cc(OC)c(C=Cc3ccc(-n4c5ccccc5c5ccccc54)cc3)cc2OC)cc1OC)C(=O)O. The summed E-state index contributed by atoms with van der Waals surface area (Å²) in [5, 5.41) is 11.8. The van der Waals surface area contributed by atoms with Crippen LogP contribution in [0.4, 0.5) is 0 Å². The average Bonchev–Trinajstić information content (AvgIpc) is 3.54. The van der Waals surface area contributed by atoms with Gasteiger partial charge < -0.3 is 33.4 Å². The standard InChI is InChI=1S/C46H47NO7/c1-6-33(46(48)49)13-11-12-26-54-45-43(52-4)27-32(28-44(45)53-5)19-23-35-30-41(50-2)34(29-42(35)51-3)22-18-31-20-24-36(25-21-31)47-39-16-9-7-14-37(39)38-15-8-10-17-40(38)47/h7-10,14-25,27-30,33H,6,11-13,26H2,1-5H3,(H,48,49). The normalized spacial score (nSPS) is 12.1. The first kappa shape index (κ1) is 37.6. The molecule has 0 saturated heterocycles. The van der Waals surface area contributed by atoms with Crippen molar-refractivity contribution in [1.82, 2.24) is 4.57 Å². The summed E-state index contributed by atoms with van der Waals surface area (Å²) >= 11 is 0. The predicted molar refractivity (Wildman–Crippen MR) is 218 cm³/mol. The van der Waals surface area contributed by atoms with Crippen LogP contribution in [0.5, 0.6) is 28.7 Å². The van der Waals surface area contributed by atoms with E-state index in [2.05, 4.69) is 83.4 Å². The Labute approximate surface area is 316 Å². The van der Waals surface area contributed by atoms with Gasteiger partial charge in [0.05, 0.1) is 52.0 Å². The third-order valence-electron chi connectivity index (χ3n) is 9.74. The van der Waals surface area contributed by atoms with Crippen molar-refractivity contribution in [3.05, 3.63) is 119 Å². The molecule has 8 heteroatoms. The van der Waals surface area contributed by atoms with E-state index < -0.39 is 5.97 Å². The van der Waals surface area contributed by atoms with E-state index >= 15 is 0 Å². The molecule has 1 N–H and O–H groups in total. The minimum absolute atomic E-state index is 0.325. The van der Waals surface area contributed by atoms with Crippen LogP contribution in [0.2, 0.25) is 0 Å². The van der Waals surface area contributed by atoms with Crippen LogP contribution in [0.25, 0.3) is 51.8 Å². The van der Waals surface area contributed by atoms with Crippen molar-refractivity contribution in [1.29, 1.82) is 0 Å². The van der Waals surface area contributed by atoms with Crippen LogP contribution in [0.15, 0.2) is 97.1 Å². The van der Waals surface area contributed by atoms with Crippen LogP contribution in [-0.2, 0) is 4.79 Å². The Morgan fingerprint density at radius 3 is 1.67 bits per heavy atom. The minimum atomic E-state index is -0.747. The smallest absolute Gasteiger partial charge is 0.306 e. The van der Waals surface area contributed by atoms with E-state index in [9.17, 15) is 9.90 Å². The summed E-state index contributed by atoms with van der Waals surface area (Å²) in [6.07, 6.45) is 10.7. The number of fused-ring (bicyclic) bond motifs is 3. The van der Waals surface area contributed by atoms with E-state index in [4.69, 9.17) is 23.7 Å². The van der Waals surface area contributed by atoms with Gasteiger partial charge in [0.25, 0.3) is 0 Å². The van der Waals surface area contributed by atoms with E-state index in [1.807, 2.05) is 49.4 Å². The third-order valence-corrected chi connectivity index (χ3v) is 9.74. The first-order valence-electron chi connectivity index (χ1n) is 18.2. The minimum Gasteiger partial charge on any atom is -0.496 e. The lowest BCUT2D eigenvalue weighted by Gasteiger charge is -2.16. The van der Waals surface area contributed by atoms with Gasteiger partial charge in [0, 0.05) is 27.6 Å². The summed E-state index contributed by atoms with van der Waals surface area (Å²) in [7, 11) is 6.50. The Bertz CT molecular complexity index is 2210. The third kappa shape index (κ3) is 8.23. The maximum absolute atomic E-state index is 11.3. The zero-order valence-electron chi connectivity index (χ0n) is 31.5. The second-order valence-electron chi connectivity index (χ2n) is 13.0. The lowest BCUT2D eigenvalue weighted by Crippen LogP contribution is -2.12. The number of hydrogen-bond acceptors (Lipinski definition) is 6. The number of hydrogen-bond donors (Lipinski definition) is 1. The molecule has 1 unspecified atom stereocenters. The molecule has 0 amide bonds. The summed E-state index contributed by atoms with van der Waals surface area (Å²) < 4.78 is 31.4. The van der Waals surface area contributed by atoms with E-state index in [1.54, 1.807) is 28.4 Å². The number of ether oxygens (including phenoxy) is 5. The molecular weight excluding hydrogens is 679 g/mol. The van der Waals surface area contributed by atoms with Gasteiger partial charge in [0.2, 0.25) is 5.75 Å². The number of aromatic nitrogens is 1. The maximum Gasteiger partial charge on any atom is 0.306 e. The van der Waals surface area contributed by atoms with E-state index in [0.717, 1.165) is 40.8 Å². The highest BCUT2D eigenvalue weighted by Gasteiger charge is 2.17. The number of methoxy groups -OCH3 is 4. The lowest BCUT2D eigenvalue weighted by molar-refractivity contribution is -0.142. The number of carbonyl (C=O) groups is 1. The molecule has 0 fully saturated rings. The molecule has 278 valence electrons. The second-order valence-corrected chi connectivity index (χ2v) is 13.0. The molecule has 6 aromatic rings. The molecule has 0 aliphatic rings. The van der Waals surface area contributed by atoms with E-state index in [1.165, 1.54) is 21.8 Å². The number of rotatable bonds is 17. The Kier molecular flexibility index (Phi) is 12.2. The quantitative estimate of drug-likeness (QED) is 0.0740. The monoisotopic (exact) mass is 725 g/mol. The molecule has 1 aromatic heterocycles. The van der Waals surface area contributed by atoms with Gasteiger partial charge in [0.1, 0.15) is 11.5 Å². The topological polar surface area (TPSA) is 88.4 Å². The number of benzene rings is 5. The fourth-order valence-corrected chi connectivity index (χ4v) is 6.82. The van der Waals surface area contributed by atoms with Gasteiger partial charge in [0.15, 0.2) is 11.5 Å². The summed E-state index contributed by atoms with van der Waals surface area (Å²) in [6.45, 7) is 2.32. The molecule has 0 aliphatic heterocycles. The Morgan fingerprint density at radius 1 is 0.648 bits per heavy atom. The Balaban J connectivity index is 1.18. The van der Waals surface area contributed by atoms with Crippen LogP contribution in [0.3, 0.4) is 0 Å². The number of unbranched alkanes of at least 4 members (excludes halogenated alkanes) is 1. The molecule has 0 bridgehead atoms. The molecule has 8 nitrogen and oxygen atoms in total. The molecule has 0 radical (unpaired) electrons. The fraction of sp³-hybridized carbons (Fsp3) is 0.239. The zero-order valence-corrected chi connectivity index (χ0v) is 31.5. The van der Waals surface area contributed by atoms with Crippen molar-refractivity contribution in [2.75, 3.05) is 35.0 Å². The zero-order chi connectivity index (χ0) is 38.0. The number of carboxylic acids is 1. The summed E-state index contributed by atoms with van der Waals surface area (Å²) in [5.41, 5.74) is 7.09. The van der Waals surface area contributed by atoms with E-state index in [0.29, 0.717) is 48.2 Å². The molecule has 0 aliphatic carbocycles. The average molecular weight is 726 g/mol. The Hall–Kier alpha value is -6.15. The van der Waals surface area contributed by atoms with Gasteiger partial charge in [-0.1, -0.05) is 79.8 Å². The van der Waals surface area contributed by atoms with Gasteiger partial charge in [-0.05, 0) is 85.3 Å².